The van der Waals surface area contributed by atoms with Gasteiger partial charge < -0.3 is 4.90 Å². The van der Waals surface area contributed by atoms with Gasteiger partial charge in [0.1, 0.15) is 5.82 Å². The maximum Gasteiger partial charge on any atom is 0.254 e. The molecule has 1 fully saturated rings. The minimum Gasteiger partial charge on any atom is -0.334 e. The van der Waals surface area contributed by atoms with E-state index in [2.05, 4.69) is 0 Å². The van der Waals surface area contributed by atoms with Crippen LogP contribution in [-0.4, -0.2) is 17.4 Å². The lowest BCUT2D eigenvalue weighted by Gasteiger charge is -2.14. The zero-order valence-electron chi connectivity index (χ0n) is 9.29. The van der Waals surface area contributed by atoms with Gasteiger partial charge in [0.15, 0.2) is 0 Å². The maximum atomic E-state index is 13.2. The lowest BCUT2D eigenvalue weighted by Crippen LogP contribution is -2.26. The fourth-order valence-corrected chi connectivity index (χ4v) is 2.44. The highest BCUT2D eigenvalue weighted by atomic mass is 19.1. The second-order valence-electron chi connectivity index (χ2n) is 4.89. The van der Waals surface area contributed by atoms with Crippen LogP contribution < -0.4 is 0 Å². The van der Waals surface area contributed by atoms with Crippen LogP contribution in [0, 0.1) is 18.7 Å². The second-order valence-corrected chi connectivity index (χ2v) is 4.89. The average molecular weight is 219 g/mol. The molecule has 2 nitrogen and oxygen atoms in total. The summed E-state index contributed by atoms with van der Waals surface area (Å²) in [4.78, 5) is 14.0. The minimum atomic E-state index is -0.239. The predicted molar refractivity (Wildman–Crippen MR) is 58.6 cm³/mol. The van der Waals surface area contributed by atoms with Crippen LogP contribution in [0.2, 0.25) is 0 Å². The number of hydrogen-bond acceptors (Lipinski definition) is 1. The summed E-state index contributed by atoms with van der Waals surface area (Å²) in [6.07, 6.45) is 2.46. The van der Waals surface area contributed by atoms with Crippen LogP contribution in [0.5, 0.6) is 0 Å². The molecule has 0 bridgehead atoms. The highest BCUT2D eigenvalue weighted by Crippen LogP contribution is 2.34. The number of amides is 1. The standard InChI is InChI=1S/C13H14FNO/c1-8-4-11(14)5-10-7-15(6-9-2-3-9)13(16)12(8)10/h4-5,9H,2-3,6-7H2,1H3. The Hall–Kier alpha value is -1.38. The Balaban J connectivity index is 1.93. The summed E-state index contributed by atoms with van der Waals surface area (Å²) in [5.74, 6) is 0.528. The largest absolute Gasteiger partial charge is 0.334 e. The van der Waals surface area contributed by atoms with Crippen LogP contribution >= 0.6 is 0 Å². The van der Waals surface area contributed by atoms with Gasteiger partial charge in [-0.25, -0.2) is 4.39 Å². The van der Waals surface area contributed by atoms with Crippen LogP contribution in [0.3, 0.4) is 0 Å². The molecule has 3 rings (SSSR count). The Morgan fingerprint density at radius 2 is 2.19 bits per heavy atom. The first-order valence-electron chi connectivity index (χ1n) is 5.73. The van der Waals surface area contributed by atoms with Gasteiger partial charge in [0.25, 0.3) is 5.91 Å². The van der Waals surface area contributed by atoms with Gasteiger partial charge in [-0.15, -0.1) is 0 Å². The number of rotatable bonds is 2. The van der Waals surface area contributed by atoms with Crippen molar-refractivity contribution >= 4 is 5.91 Å². The quantitative estimate of drug-likeness (QED) is 0.748. The number of benzene rings is 1. The Bertz CT molecular complexity index is 465. The highest BCUT2D eigenvalue weighted by molar-refractivity contribution is 5.99. The molecule has 0 N–H and O–H groups in total. The molecule has 84 valence electrons. The Morgan fingerprint density at radius 1 is 1.44 bits per heavy atom. The minimum absolute atomic E-state index is 0.0828. The summed E-state index contributed by atoms with van der Waals surface area (Å²) >= 11 is 0. The Morgan fingerprint density at radius 3 is 2.88 bits per heavy atom. The first-order chi connectivity index (χ1) is 7.65. The third-order valence-corrected chi connectivity index (χ3v) is 3.42. The third kappa shape index (κ3) is 1.51. The molecule has 0 atom stereocenters. The van der Waals surface area contributed by atoms with Crippen molar-refractivity contribution in [1.29, 1.82) is 0 Å². The molecule has 1 aliphatic heterocycles. The molecule has 0 unspecified atom stereocenters. The summed E-state index contributed by atoms with van der Waals surface area (Å²) in [5.41, 5.74) is 2.34. The summed E-state index contributed by atoms with van der Waals surface area (Å²) in [6.45, 7) is 3.23. The van der Waals surface area contributed by atoms with E-state index in [4.69, 9.17) is 0 Å². The number of halogens is 1. The van der Waals surface area contributed by atoms with E-state index in [1.54, 1.807) is 6.92 Å². The highest BCUT2D eigenvalue weighted by Gasteiger charge is 2.33. The van der Waals surface area contributed by atoms with Crippen LogP contribution in [-0.2, 0) is 6.54 Å². The van der Waals surface area contributed by atoms with E-state index in [9.17, 15) is 9.18 Å². The van der Waals surface area contributed by atoms with Crippen molar-refractivity contribution in [3.8, 4) is 0 Å². The lowest BCUT2D eigenvalue weighted by atomic mass is 10.0. The van der Waals surface area contributed by atoms with Crippen molar-refractivity contribution in [1.82, 2.24) is 4.90 Å². The molecule has 1 saturated carbocycles. The number of carbonyl (C=O) groups is 1. The van der Waals surface area contributed by atoms with Crippen molar-refractivity contribution in [2.24, 2.45) is 5.92 Å². The van der Waals surface area contributed by atoms with Gasteiger partial charge in [-0.3, -0.25) is 4.79 Å². The van der Waals surface area contributed by atoms with Crippen molar-refractivity contribution in [2.45, 2.75) is 26.3 Å². The Labute approximate surface area is 94.1 Å². The summed E-state index contributed by atoms with van der Waals surface area (Å²) < 4.78 is 13.2. The monoisotopic (exact) mass is 219 g/mol. The molecule has 0 saturated heterocycles. The van der Waals surface area contributed by atoms with Crippen molar-refractivity contribution in [2.75, 3.05) is 6.54 Å². The first-order valence-corrected chi connectivity index (χ1v) is 5.73. The maximum absolute atomic E-state index is 13.2. The van der Waals surface area contributed by atoms with Crippen molar-refractivity contribution in [3.63, 3.8) is 0 Å². The van der Waals surface area contributed by atoms with E-state index in [0.717, 1.165) is 23.2 Å². The Kier molecular flexibility index (Phi) is 2.03. The molecule has 0 aromatic heterocycles. The fourth-order valence-electron chi connectivity index (χ4n) is 2.44. The molecule has 0 radical (unpaired) electrons. The van der Waals surface area contributed by atoms with Gasteiger partial charge in [-0.1, -0.05) is 0 Å². The molecule has 16 heavy (non-hydrogen) atoms. The van der Waals surface area contributed by atoms with Crippen LogP contribution in [0.15, 0.2) is 12.1 Å². The van der Waals surface area contributed by atoms with Crippen molar-refractivity contribution < 1.29 is 9.18 Å². The SMILES string of the molecule is Cc1cc(F)cc2c1C(=O)N(CC1CC1)C2. The van der Waals surface area contributed by atoms with E-state index in [1.165, 1.54) is 25.0 Å². The van der Waals surface area contributed by atoms with Crippen molar-refractivity contribution in [3.05, 3.63) is 34.6 Å². The molecule has 1 amide bonds. The molecule has 2 aliphatic rings. The topological polar surface area (TPSA) is 20.3 Å². The molecule has 3 heteroatoms. The molecule has 1 aromatic carbocycles. The smallest absolute Gasteiger partial charge is 0.254 e. The molecule has 1 aliphatic carbocycles. The van der Waals surface area contributed by atoms with Gasteiger partial charge in [-0.2, -0.15) is 0 Å². The van der Waals surface area contributed by atoms with Crippen LogP contribution in [0.4, 0.5) is 4.39 Å². The molecular formula is C13H14FNO. The fraction of sp³-hybridized carbons (Fsp3) is 0.462. The molecular weight excluding hydrogens is 205 g/mol. The van der Waals surface area contributed by atoms with Gasteiger partial charge in [0.05, 0.1) is 0 Å². The van der Waals surface area contributed by atoms with E-state index < -0.39 is 0 Å². The molecule has 1 heterocycles. The van der Waals surface area contributed by atoms with Gasteiger partial charge >= 0.3 is 0 Å². The number of aryl methyl sites for hydroxylation is 1. The zero-order chi connectivity index (χ0) is 11.3. The van der Waals surface area contributed by atoms with Gasteiger partial charge in [0, 0.05) is 18.7 Å². The average Bonchev–Trinajstić information content (AvgIpc) is 2.93. The first kappa shape index (κ1) is 9.82. The van der Waals surface area contributed by atoms with Gasteiger partial charge in [0.2, 0.25) is 0 Å². The molecule has 1 aromatic rings. The number of hydrogen-bond donors (Lipinski definition) is 0. The zero-order valence-corrected chi connectivity index (χ0v) is 9.29. The normalized spacial score (nSPS) is 19.1. The summed E-state index contributed by atoms with van der Waals surface area (Å²) in [5, 5.41) is 0. The van der Waals surface area contributed by atoms with E-state index in [1.807, 2.05) is 4.90 Å². The summed E-state index contributed by atoms with van der Waals surface area (Å²) in [6, 6.07) is 2.94. The third-order valence-electron chi connectivity index (χ3n) is 3.42. The lowest BCUT2D eigenvalue weighted by molar-refractivity contribution is 0.0770. The number of fused-ring (bicyclic) bond motifs is 1. The van der Waals surface area contributed by atoms with E-state index in [-0.39, 0.29) is 11.7 Å². The van der Waals surface area contributed by atoms with Crippen LogP contribution in [0.25, 0.3) is 0 Å². The summed E-state index contributed by atoms with van der Waals surface area (Å²) in [7, 11) is 0. The second kappa shape index (κ2) is 3.30. The molecule has 0 spiro atoms. The predicted octanol–water partition coefficient (Wildman–Crippen LogP) is 2.50. The van der Waals surface area contributed by atoms with E-state index >= 15 is 0 Å². The van der Waals surface area contributed by atoms with Crippen LogP contribution in [0.1, 0.15) is 34.3 Å². The van der Waals surface area contributed by atoms with E-state index in [0.29, 0.717) is 12.5 Å². The number of nitrogens with zero attached hydrogens (tertiary/aromatic N) is 1. The van der Waals surface area contributed by atoms with Gasteiger partial charge in [-0.05, 0) is 48.9 Å². The number of carbonyl (C=O) groups excluding carboxylic acids is 1.